The zero-order valence-corrected chi connectivity index (χ0v) is 17.0. The molecular weight excluding hydrogens is 350 g/mol. The molecule has 0 radical (unpaired) electrons. The molecule has 1 aliphatic heterocycles. The number of aryl methyl sites for hydroxylation is 2. The van der Waals surface area contributed by atoms with Gasteiger partial charge in [0.05, 0.1) is 0 Å². The van der Waals surface area contributed by atoms with Crippen molar-refractivity contribution < 1.29 is 0 Å². The predicted molar refractivity (Wildman–Crippen MR) is 126 cm³/mol. The van der Waals surface area contributed by atoms with E-state index in [1.807, 2.05) is 6.07 Å². The standard InChI is InChI=1S/C28H25N/c1-19-10-14-23(15-11-19)16-13-21(3)27-22(4)29-26-17-12-20(2)18-25(26)28(27)24-8-6-5-7-9-24/h5-18,29H,3-4H2,1-2H3/b16-13+. The van der Waals surface area contributed by atoms with Gasteiger partial charge in [-0.2, -0.15) is 0 Å². The monoisotopic (exact) mass is 375 g/mol. The van der Waals surface area contributed by atoms with Crippen molar-refractivity contribution in [2.45, 2.75) is 13.8 Å². The summed E-state index contributed by atoms with van der Waals surface area (Å²) < 4.78 is 0. The molecule has 0 aromatic heterocycles. The second-order valence-corrected chi connectivity index (χ2v) is 7.54. The minimum Gasteiger partial charge on any atom is -0.355 e. The molecule has 1 aliphatic rings. The van der Waals surface area contributed by atoms with E-state index in [2.05, 4.69) is 111 Å². The third-order valence-corrected chi connectivity index (χ3v) is 5.22. The van der Waals surface area contributed by atoms with E-state index in [9.17, 15) is 0 Å². The molecule has 4 rings (SSSR count). The van der Waals surface area contributed by atoms with Gasteiger partial charge in [-0.3, -0.25) is 0 Å². The Morgan fingerprint density at radius 2 is 1.55 bits per heavy atom. The number of fused-ring (bicyclic) bond motifs is 1. The fourth-order valence-electron chi connectivity index (χ4n) is 3.70. The maximum absolute atomic E-state index is 4.39. The minimum absolute atomic E-state index is 0.874. The molecule has 0 saturated carbocycles. The Hall–Kier alpha value is -3.58. The first-order valence-electron chi connectivity index (χ1n) is 9.84. The Labute approximate surface area is 173 Å². The van der Waals surface area contributed by atoms with Crippen LogP contribution in [0.15, 0.2) is 109 Å². The molecule has 1 heterocycles. The lowest BCUT2D eigenvalue weighted by atomic mass is 9.84. The lowest BCUT2D eigenvalue weighted by Gasteiger charge is -2.28. The van der Waals surface area contributed by atoms with Gasteiger partial charge in [0.15, 0.2) is 0 Å². The number of rotatable bonds is 4. The number of hydrogen-bond donors (Lipinski definition) is 1. The summed E-state index contributed by atoms with van der Waals surface area (Å²) in [5.74, 6) is 0. The second kappa shape index (κ2) is 7.81. The molecule has 3 aromatic carbocycles. The van der Waals surface area contributed by atoms with Crippen LogP contribution in [0.4, 0.5) is 5.69 Å². The molecule has 3 aromatic rings. The first-order chi connectivity index (χ1) is 14.0. The van der Waals surface area contributed by atoms with Crippen molar-refractivity contribution in [3.63, 3.8) is 0 Å². The molecule has 1 N–H and O–H groups in total. The molecule has 1 heteroatoms. The molecule has 0 spiro atoms. The topological polar surface area (TPSA) is 12.0 Å². The van der Waals surface area contributed by atoms with Gasteiger partial charge in [0.1, 0.15) is 0 Å². The molecule has 0 fully saturated rings. The van der Waals surface area contributed by atoms with Crippen molar-refractivity contribution in [2.24, 2.45) is 0 Å². The van der Waals surface area contributed by atoms with Crippen molar-refractivity contribution in [3.05, 3.63) is 137 Å². The molecule has 0 atom stereocenters. The van der Waals surface area contributed by atoms with Crippen molar-refractivity contribution in [3.8, 4) is 0 Å². The van der Waals surface area contributed by atoms with Gasteiger partial charge in [-0.1, -0.05) is 97.1 Å². The predicted octanol–water partition coefficient (Wildman–Crippen LogP) is 7.31. The van der Waals surface area contributed by atoms with Crippen LogP contribution in [-0.4, -0.2) is 0 Å². The quantitative estimate of drug-likeness (QED) is 0.471. The maximum Gasteiger partial charge on any atom is 0.0464 e. The first kappa shape index (κ1) is 18.8. The van der Waals surface area contributed by atoms with Crippen LogP contribution in [0.1, 0.15) is 27.8 Å². The summed E-state index contributed by atoms with van der Waals surface area (Å²) in [5.41, 5.74) is 11.1. The molecule has 1 nitrogen and oxygen atoms in total. The molecule has 0 unspecified atom stereocenters. The largest absolute Gasteiger partial charge is 0.355 e. The zero-order chi connectivity index (χ0) is 20.4. The molecule has 29 heavy (non-hydrogen) atoms. The zero-order valence-electron chi connectivity index (χ0n) is 17.0. The van der Waals surface area contributed by atoms with E-state index >= 15 is 0 Å². The van der Waals surface area contributed by atoms with Gasteiger partial charge < -0.3 is 5.32 Å². The Morgan fingerprint density at radius 1 is 0.862 bits per heavy atom. The smallest absolute Gasteiger partial charge is 0.0464 e. The average molecular weight is 376 g/mol. The Morgan fingerprint density at radius 3 is 2.28 bits per heavy atom. The van der Waals surface area contributed by atoms with Crippen LogP contribution < -0.4 is 5.32 Å². The fraction of sp³-hybridized carbons (Fsp3) is 0.0714. The molecule has 0 amide bonds. The first-order valence-corrected chi connectivity index (χ1v) is 9.84. The van der Waals surface area contributed by atoms with E-state index in [0.717, 1.165) is 28.1 Å². The number of nitrogens with one attached hydrogen (secondary N) is 1. The van der Waals surface area contributed by atoms with Gasteiger partial charge in [0.25, 0.3) is 0 Å². The lowest BCUT2D eigenvalue weighted by molar-refractivity contribution is 1.31. The molecule has 0 bridgehead atoms. The fourth-order valence-corrected chi connectivity index (χ4v) is 3.70. The maximum atomic E-state index is 4.39. The van der Waals surface area contributed by atoms with E-state index < -0.39 is 0 Å². The van der Waals surface area contributed by atoms with Gasteiger partial charge in [0.2, 0.25) is 0 Å². The summed E-state index contributed by atoms with van der Waals surface area (Å²) in [7, 11) is 0. The van der Waals surface area contributed by atoms with Gasteiger partial charge in [-0.25, -0.2) is 0 Å². The highest BCUT2D eigenvalue weighted by atomic mass is 14.9. The minimum atomic E-state index is 0.874. The Bertz CT molecular complexity index is 1140. The van der Waals surface area contributed by atoms with Gasteiger partial charge in [-0.05, 0) is 42.7 Å². The number of anilines is 1. The molecular formula is C28H25N. The van der Waals surface area contributed by atoms with Crippen molar-refractivity contribution in [1.29, 1.82) is 0 Å². The lowest BCUT2D eigenvalue weighted by Crippen LogP contribution is -2.13. The van der Waals surface area contributed by atoms with Crippen molar-refractivity contribution in [2.75, 3.05) is 5.32 Å². The molecule has 0 aliphatic carbocycles. The number of benzene rings is 3. The van der Waals surface area contributed by atoms with E-state index in [4.69, 9.17) is 0 Å². The van der Waals surface area contributed by atoms with E-state index in [-0.39, 0.29) is 0 Å². The van der Waals surface area contributed by atoms with Crippen LogP contribution in [-0.2, 0) is 0 Å². The van der Waals surface area contributed by atoms with Crippen molar-refractivity contribution >= 4 is 17.3 Å². The summed E-state index contributed by atoms with van der Waals surface area (Å²) in [6.07, 6.45) is 4.19. The summed E-state index contributed by atoms with van der Waals surface area (Å²) in [5, 5.41) is 3.48. The van der Waals surface area contributed by atoms with Gasteiger partial charge in [0, 0.05) is 28.1 Å². The Kier molecular flexibility index (Phi) is 5.05. The third kappa shape index (κ3) is 3.86. The summed E-state index contributed by atoms with van der Waals surface area (Å²) in [4.78, 5) is 0. The summed E-state index contributed by atoms with van der Waals surface area (Å²) in [6.45, 7) is 12.9. The number of hydrogen-bond acceptors (Lipinski definition) is 1. The highest BCUT2D eigenvalue weighted by Gasteiger charge is 2.23. The molecule has 142 valence electrons. The third-order valence-electron chi connectivity index (χ3n) is 5.22. The van der Waals surface area contributed by atoms with Crippen LogP contribution in [0.5, 0.6) is 0 Å². The second-order valence-electron chi connectivity index (χ2n) is 7.54. The number of allylic oxidation sites excluding steroid dienone is 2. The highest BCUT2D eigenvalue weighted by Crippen LogP contribution is 2.42. The normalized spacial score (nSPS) is 13.4. The van der Waals surface area contributed by atoms with Crippen LogP contribution >= 0.6 is 0 Å². The average Bonchev–Trinajstić information content (AvgIpc) is 2.73. The summed E-state index contributed by atoms with van der Waals surface area (Å²) in [6, 6.07) is 25.5. The van der Waals surface area contributed by atoms with E-state index in [1.54, 1.807) is 0 Å². The highest BCUT2D eigenvalue weighted by molar-refractivity contribution is 5.96. The SMILES string of the molecule is C=C(/C=C/c1ccc(C)cc1)C1=C(c2ccccc2)c2cc(C)ccc2NC1=C. The van der Waals surface area contributed by atoms with Crippen LogP contribution in [0.25, 0.3) is 11.6 Å². The van der Waals surface area contributed by atoms with E-state index in [1.165, 1.54) is 27.8 Å². The van der Waals surface area contributed by atoms with Crippen LogP contribution in [0, 0.1) is 13.8 Å². The Balaban J connectivity index is 1.85. The van der Waals surface area contributed by atoms with Gasteiger partial charge in [-0.15, -0.1) is 0 Å². The summed E-state index contributed by atoms with van der Waals surface area (Å²) >= 11 is 0. The van der Waals surface area contributed by atoms with Crippen LogP contribution in [0.3, 0.4) is 0 Å². The van der Waals surface area contributed by atoms with E-state index in [0.29, 0.717) is 0 Å². The van der Waals surface area contributed by atoms with Gasteiger partial charge >= 0.3 is 0 Å². The van der Waals surface area contributed by atoms with Crippen molar-refractivity contribution in [1.82, 2.24) is 0 Å². The van der Waals surface area contributed by atoms with Crippen LogP contribution in [0.2, 0.25) is 0 Å². The molecule has 0 saturated heterocycles.